The molecule has 6 nitrogen and oxygen atoms in total. The molecule has 28 heavy (non-hydrogen) atoms. The maximum atomic E-state index is 11.6. The van der Waals surface area contributed by atoms with Gasteiger partial charge in [0.15, 0.2) is 0 Å². The first kappa shape index (κ1) is 20.2. The highest BCUT2D eigenvalue weighted by Crippen LogP contribution is 2.31. The largest absolute Gasteiger partial charge is 0.477 e. The summed E-state index contributed by atoms with van der Waals surface area (Å²) in [6.07, 6.45) is 6.97. The summed E-state index contributed by atoms with van der Waals surface area (Å²) >= 11 is 1.22. The molecule has 0 saturated heterocycles. The van der Waals surface area contributed by atoms with Gasteiger partial charge in [-0.1, -0.05) is 11.8 Å². The molecule has 0 amide bonds. The Kier molecular flexibility index (Phi) is 6.20. The van der Waals surface area contributed by atoms with Crippen LogP contribution in [0.4, 0.5) is 5.69 Å². The second-order valence-corrected chi connectivity index (χ2v) is 8.98. The Bertz CT molecular complexity index is 870. The fourth-order valence-corrected chi connectivity index (χ4v) is 3.82. The molecule has 1 aliphatic rings. The highest BCUT2D eigenvalue weighted by molar-refractivity contribution is 7.15. The lowest BCUT2D eigenvalue weighted by Crippen LogP contribution is -2.31. The van der Waals surface area contributed by atoms with Crippen molar-refractivity contribution in [3.05, 3.63) is 34.3 Å². The number of carboxylic acids is 1. The molecule has 1 saturated carbocycles. The van der Waals surface area contributed by atoms with Crippen LogP contribution in [0, 0.1) is 17.3 Å². The number of thiophene rings is 1. The number of aromatic carboxylic acids is 1. The molecular formula is C21H25N3O3S. The normalized spacial score (nSPS) is 19.4. The van der Waals surface area contributed by atoms with Crippen molar-refractivity contribution in [3.8, 4) is 17.9 Å². The maximum Gasteiger partial charge on any atom is 0.348 e. The molecule has 0 aliphatic heterocycles. The lowest BCUT2D eigenvalue weighted by Gasteiger charge is -2.29. The van der Waals surface area contributed by atoms with Gasteiger partial charge in [-0.15, -0.1) is 11.3 Å². The first-order valence-corrected chi connectivity index (χ1v) is 10.2. The third-order valence-electron chi connectivity index (χ3n) is 4.34. The van der Waals surface area contributed by atoms with E-state index in [1.807, 2.05) is 26.8 Å². The number of nitrogens with one attached hydrogen (secondary N) is 1. The molecule has 2 aromatic heterocycles. The predicted molar refractivity (Wildman–Crippen MR) is 110 cm³/mol. The second-order valence-electron chi connectivity index (χ2n) is 7.93. The summed E-state index contributed by atoms with van der Waals surface area (Å²) in [4.78, 5) is 20.9. The number of ether oxygens (including phenoxy) is 1. The van der Waals surface area contributed by atoms with Gasteiger partial charge in [-0.2, -0.15) is 0 Å². The summed E-state index contributed by atoms with van der Waals surface area (Å²) in [6, 6.07) is 4.24. The first-order chi connectivity index (χ1) is 13.3. The Hall–Kier alpha value is -2.59. The molecule has 2 aromatic rings. The van der Waals surface area contributed by atoms with E-state index in [1.54, 1.807) is 18.5 Å². The number of hydrogen-bond acceptors (Lipinski definition) is 6. The van der Waals surface area contributed by atoms with Gasteiger partial charge in [0.1, 0.15) is 11.0 Å². The van der Waals surface area contributed by atoms with E-state index in [0.29, 0.717) is 16.6 Å². The van der Waals surface area contributed by atoms with Crippen molar-refractivity contribution >= 4 is 23.0 Å². The zero-order valence-electron chi connectivity index (χ0n) is 16.4. The van der Waals surface area contributed by atoms with E-state index in [9.17, 15) is 9.90 Å². The lowest BCUT2D eigenvalue weighted by atomic mass is 9.93. The zero-order valence-corrected chi connectivity index (χ0v) is 17.2. The van der Waals surface area contributed by atoms with Crippen molar-refractivity contribution in [2.75, 3.05) is 5.32 Å². The molecule has 0 atom stereocenters. The van der Waals surface area contributed by atoms with Crippen LogP contribution in [0.5, 0.6) is 6.01 Å². The highest BCUT2D eigenvalue weighted by atomic mass is 32.1. The van der Waals surface area contributed by atoms with Gasteiger partial charge >= 0.3 is 12.0 Å². The minimum absolute atomic E-state index is 0.0927. The Morgan fingerprint density at radius 2 is 1.93 bits per heavy atom. The van der Waals surface area contributed by atoms with Crippen LogP contribution in [0.2, 0.25) is 0 Å². The molecular weight excluding hydrogens is 374 g/mol. The van der Waals surface area contributed by atoms with E-state index >= 15 is 0 Å². The minimum atomic E-state index is -0.922. The van der Waals surface area contributed by atoms with Gasteiger partial charge in [-0.3, -0.25) is 0 Å². The molecule has 0 radical (unpaired) electrons. The predicted octanol–water partition coefficient (Wildman–Crippen LogP) is 4.44. The molecule has 7 heteroatoms. The van der Waals surface area contributed by atoms with Gasteiger partial charge < -0.3 is 15.2 Å². The summed E-state index contributed by atoms with van der Waals surface area (Å²) < 4.78 is 5.82. The summed E-state index contributed by atoms with van der Waals surface area (Å²) in [6.45, 7) is 6.10. The molecule has 0 bridgehead atoms. The van der Waals surface area contributed by atoms with Crippen LogP contribution in [0.15, 0.2) is 24.5 Å². The fraction of sp³-hybridized carbons (Fsp3) is 0.476. The maximum absolute atomic E-state index is 11.6. The van der Waals surface area contributed by atoms with Crippen LogP contribution < -0.4 is 10.1 Å². The van der Waals surface area contributed by atoms with E-state index in [2.05, 4.69) is 27.1 Å². The minimum Gasteiger partial charge on any atom is -0.477 e. The van der Waals surface area contributed by atoms with E-state index in [4.69, 9.17) is 4.74 Å². The first-order valence-electron chi connectivity index (χ1n) is 9.41. The lowest BCUT2D eigenvalue weighted by molar-refractivity contribution is 0.0703. The fourth-order valence-electron chi connectivity index (χ4n) is 3.01. The van der Waals surface area contributed by atoms with E-state index in [1.165, 1.54) is 11.3 Å². The molecule has 148 valence electrons. The van der Waals surface area contributed by atoms with Gasteiger partial charge in [-0.25, -0.2) is 14.8 Å². The number of rotatable bonds is 5. The number of anilines is 1. The molecule has 3 rings (SSSR count). The number of nitrogens with zero attached hydrogens (tertiary/aromatic N) is 2. The Labute approximate surface area is 169 Å². The highest BCUT2D eigenvalue weighted by Gasteiger charge is 2.25. The van der Waals surface area contributed by atoms with Crippen LogP contribution in [0.3, 0.4) is 0 Å². The average Bonchev–Trinajstić information content (AvgIpc) is 3.05. The third kappa shape index (κ3) is 5.70. The van der Waals surface area contributed by atoms with Crippen molar-refractivity contribution < 1.29 is 14.6 Å². The third-order valence-corrected chi connectivity index (χ3v) is 5.37. The molecule has 0 aromatic carbocycles. The molecule has 2 N–H and O–H groups in total. The van der Waals surface area contributed by atoms with Gasteiger partial charge in [0, 0.05) is 23.9 Å². The number of hydrogen-bond donors (Lipinski definition) is 2. The number of carbonyl (C=O) groups is 1. The molecule has 2 heterocycles. The number of aromatic nitrogens is 2. The monoisotopic (exact) mass is 399 g/mol. The van der Waals surface area contributed by atoms with E-state index in [0.717, 1.165) is 30.6 Å². The van der Waals surface area contributed by atoms with Crippen LogP contribution in [0.1, 0.15) is 61.0 Å². The van der Waals surface area contributed by atoms with Crippen molar-refractivity contribution in [1.82, 2.24) is 9.97 Å². The van der Waals surface area contributed by atoms with E-state index < -0.39 is 5.97 Å². The molecule has 0 spiro atoms. The quantitative estimate of drug-likeness (QED) is 0.723. The second kappa shape index (κ2) is 8.61. The van der Waals surface area contributed by atoms with Crippen LogP contribution >= 0.6 is 11.3 Å². The van der Waals surface area contributed by atoms with Crippen molar-refractivity contribution in [1.29, 1.82) is 0 Å². The van der Waals surface area contributed by atoms with Crippen molar-refractivity contribution in [2.45, 2.75) is 58.6 Å². The number of carboxylic acid groups (broad SMARTS) is 1. The molecule has 1 aliphatic carbocycles. The summed E-state index contributed by atoms with van der Waals surface area (Å²) in [5.41, 5.74) is 0.536. The topological polar surface area (TPSA) is 84.3 Å². The van der Waals surface area contributed by atoms with Gasteiger partial charge in [0.05, 0.1) is 10.6 Å². The van der Waals surface area contributed by atoms with Crippen molar-refractivity contribution in [2.24, 2.45) is 5.41 Å². The smallest absolute Gasteiger partial charge is 0.348 e. The van der Waals surface area contributed by atoms with Gasteiger partial charge in [-0.05, 0) is 58.6 Å². The van der Waals surface area contributed by atoms with Crippen LogP contribution in [-0.2, 0) is 0 Å². The Balaban J connectivity index is 1.61. The van der Waals surface area contributed by atoms with Gasteiger partial charge in [0.2, 0.25) is 0 Å². The van der Waals surface area contributed by atoms with Gasteiger partial charge in [0.25, 0.3) is 0 Å². The average molecular weight is 400 g/mol. The Morgan fingerprint density at radius 1 is 1.25 bits per heavy atom. The zero-order chi connectivity index (χ0) is 20.1. The van der Waals surface area contributed by atoms with E-state index in [-0.39, 0.29) is 17.6 Å². The summed E-state index contributed by atoms with van der Waals surface area (Å²) in [5.74, 6) is 5.34. The SMILES string of the molecule is CC(C)(C)C#Cc1cc(N[C@H]2CC[C@@H](Oc3ncccn3)CC2)c(C(=O)O)s1. The van der Waals surface area contributed by atoms with Crippen LogP contribution in [-0.4, -0.2) is 33.2 Å². The standard InChI is InChI=1S/C21H25N3O3S/c1-21(2,3)10-9-16-13-17(18(28-16)19(25)26)24-14-5-7-15(8-6-14)27-20-22-11-4-12-23-20/h4,11-15,24H,5-8H2,1-3H3,(H,25,26)/t14-,15+. The molecule has 1 fully saturated rings. The van der Waals surface area contributed by atoms with Crippen LogP contribution in [0.25, 0.3) is 0 Å². The molecule has 0 unspecified atom stereocenters. The summed E-state index contributed by atoms with van der Waals surface area (Å²) in [7, 11) is 0. The Morgan fingerprint density at radius 3 is 2.54 bits per heavy atom. The summed E-state index contributed by atoms with van der Waals surface area (Å²) in [5, 5.41) is 12.9. The van der Waals surface area contributed by atoms with Crippen molar-refractivity contribution in [3.63, 3.8) is 0 Å².